The molecule has 1 N–H and O–H groups in total. The molecule has 2 rings (SSSR count). The molecule has 2 aromatic carbocycles. The molecule has 0 heterocycles. The normalized spacial score (nSPS) is 9.52. The maximum atomic E-state index is 11.7. The van der Waals surface area contributed by atoms with E-state index in [1.54, 1.807) is 7.11 Å². The smallest absolute Gasteiger partial charge is 0.258 e. The Kier molecular flexibility index (Phi) is 7.20. The Balaban J connectivity index is 1.66. The summed E-state index contributed by atoms with van der Waals surface area (Å²) in [5.74, 6) is 7.45. The van der Waals surface area contributed by atoms with Crippen molar-refractivity contribution >= 4 is 5.91 Å². The van der Waals surface area contributed by atoms with E-state index in [-0.39, 0.29) is 25.7 Å². The molecule has 0 saturated carbocycles. The van der Waals surface area contributed by atoms with Gasteiger partial charge in [0.05, 0.1) is 13.7 Å². The van der Waals surface area contributed by atoms with Crippen molar-refractivity contribution in [3.8, 4) is 29.1 Å². The molecular weight excluding hydrogens is 318 g/mol. The molecule has 0 bridgehead atoms. The first kappa shape index (κ1) is 18.2. The number of carbonyl (C=O) groups excluding carboxylic acids is 1. The first-order chi connectivity index (χ1) is 12.2. The Morgan fingerprint density at radius 1 is 0.960 bits per heavy atom. The number of nitrogens with one attached hydrogen (secondary N) is 1. The summed E-state index contributed by atoms with van der Waals surface area (Å²) in [6.45, 7) is 2.35. The van der Waals surface area contributed by atoms with Gasteiger partial charge in [-0.2, -0.15) is 0 Å². The largest absolute Gasteiger partial charge is 0.493 e. The minimum absolute atomic E-state index is 0.0375. The molecule has 2 aromatic rings. The molecule has 0 aromatic heterocycles. The molecule has 0 aliphatic heterocycles. The van der Waals surface area contributed by atoms with Crippen LogP contribution in [0.4, 0.5) is 0 Å². The lowest BCUT2D eigenvalue weighted by atomic mass is 10.2. The third kappa shape index (κ3) is 6.11. The molecule has 0 saturated heterocycles. The zero-order valence-electron chi connectivity index (χ0n) is 14.4. The summed E-state index contributed by atoms with van der Waals surface area (Å²) in [6.07, 6.45) is 0. The number of methoxy groups -OCH3 is 1. The van der Waals surface area contributed by atoms with Crippen LogP contribution in [0.5, 0.6) is 17.2 Å². The molecule has 0 radical (unpaired) electrons. The summed E-state index contributed by atoms with van der Waals surface area (Å²) in [5, 5.41) is 2.68. The fourth-order valence-electron chi connectivity index (χ4n) is 2.02. The van der Waals surface area contributed by atoms with E-state index < -0.39 is 0 Å². The van der Waals surface area contributed by atoms with Crippen LogP contribution in [0.25, 0.3) is 0 Å². The van der Waals surface area contributed by atoms with Crippen LogP contribution in [0.3, 0.4) is 0 Å². The Bertz CT molecular complexity index is 762. The highest BCUT2D eigenvalue weighted by Crippen LogP contribution is 2.25. The molecule has 0 fully saturated rings. The first-order valence-corrected chi connectivity index (χ1v) is 7.87. The van der Waals surface area contributed by atoms with E-state index >= 15 is 0 Å². The molecule has 0 unspecified atom stereocenters. The third-order valence-electron chi connectivity index (χ3n) is 3.32. The van der Waals surface area contributed by atoms with Crippen LogP contribution in [0, 0.1) is 18.8 Å². The van der Waals surface area contributed by atoms with Crippen LogP contribution in [-0.4, -0.2) is 32.8 Å². The van der Waals surface area contributed by atoms with Gasteiger partial charge in [-0.3, -0.25) is 4.79 Å². The van der Waals surface area contributed by atoms with E-state index in [9.17, 15) is 4.79 Å². The third-order valence-corrected chi connectivity index (χ3v) is 3.32. The maximum absolute atomic E-state index is 11.7. The number of para-hydroxylation sites is 3. The predicted octanol–water partition coefficient (Wildman–Crippen LogP) is 2.58. The number of benzene rings is 2. The van der Waals surface area contributed by atoms with Crippen molar-refractivity contribution in [1.82, 2.24) is 5.32 Å². The fraction of sp³-hybridized carbons (Fsp3) is 0.250. The van der Waals surface area contributed by atoms with Gasteiger partial charge < -0.3 is 19.5 Å². The van der Waals surface area contributed by atoms with Gasteiger partial charge in [-0.15, -0.1) is 0 Å². The van der Waals surface area contributed by atoms with Gasteiger partial charge in [-0.25, -0.2) is 0 Å². The van der Waals surface area contributed by atoms with Gasteiger partial charge in [0.1, 0.15) is 12.4 Å². The Morgan fingerprint density at radius 3 is 2.36 bits per heavy atom. The molecule has 0 aliphatic rings. The summed E-state index contributed by atoms with van der Waals surface area (Å²) in [4.78, 5) is 11.7. The van der Waals surface area contributed by atoms with Crippen molar-refractivity contribution in [1.29, 1.82) is 0 Å². The summed E-state index contributed by atoms with van der Waals surface area (Å²) < 4.78 is 16.2. The topological polar surface area (TPSA) is 56.8 Å². The number of carbonyl (C=O) groups is 1. The highest BCUT2D eigenvalue weighted by Gasteiger charge is 2.03. The Labute approximate surface area is 147 Å². The molecule has 0 spiro atoms. The predicted molar refractivity (Wildman–Crippen MR) is 95.9 cm³/mol. The van der Waals surface area contributed by atoms with Crippen LogP contribution in [-0.2, 0) is 4.79 Å². The van der Waals surface area contributed by atoms with E-state index in [1.807, 2.05) is 55.5 Å². The monoisotopic (exact) mass is 339 g/mol. The van der Waals surface area contributed by atoms with Crippen molar-refractivity contribution in [2.75, 3.05) is 26.9 Å². The average molecular weight is 339 g/mol. The van der Waals surface area contributed by atoms with Crippen molar-refractivity contribution in [3.05, 3.63) is 54.1 Å². The molecule has 0 aliphatic carbocycles. The molecule has 0 atom stereocenters. The Morgan fingerprint density at radius 2 is 1.64 bits per heavy atom. The van der Waals surface area contributed by atoms with E-state index in [2.05, 4.69) is 17.2 Å². The molecular formula is C20H21NO4. The average Bonchev–Trinajstić information content (AvgIpc) is 2.64. The van der Waals surface area contributed by atoms with Gasteiger partial charge in [0.15, 0.2) is 18.1 Å². The molecule has 130 valence electrons. The summed E-state index contributed by atoms with van der Waals surface area (Å²) in [5.41, 5.74) is 0.989. The van der Waals surface area contributed by atoms with Gasteiger partial charge in [-0.05, 0) is 30.7 Å². The quantitative estimate of drug-likeness (QED) is 0.788. The molecule has 25 heavy (non-hydrogen) atoms. The summed E-state index contributed by atoms with van der Waals surface area (Å²) in [6, 6.07) is 14.9. The van der Waals surface area contributed by atoms with Crippen LogP contribution in [0.1, 0.15) is 5.56 Å². The van der Waals surface area contributed by atoms with E-state index in [1.165, 1.54) is 0 Å². The van der Waals surface area contributed by atoms with Gasteiger partial charge in [-0.1, -0.05) is 42.2 Å². The van der Waals surface area contributed by atoms with Gasteiger partial charge >= 0.3 is 0 Å². The highest BCUT2D eigenvalue weighted by molar-refractivity contribution is 5.77. The SMILES string of the molecule is COc1ccccc1OCC#CCNC(=O)COc1ccccc1C. The summed E-state index contributed by atoms with van der Waals surface area (Å²) >= 11 is 0. The minimum atomic E-state index is -0.219. The summed E-state index contributed by atoms with van der Waals surface area (Å²) in [7, 11) is 1.59. The second-order valence-electron chi connectivity index (χ2n) is 5.12. The van der Waals surface area contributed by atoms with Gasteiger partial charge in [0, 0.05) is 0 Å². The number of ether oxygens (including phenoxy) is 3. The Hall–Kier alpha value is -3.13. The second kappa shape index (κ2) is 9.89. The standard InChI is InChI=1S/C20H21NO4/c1-16-9-3-4-10-17(16)25-15-20(22)21-13-7-8-14-24-19-12-6-5-11-18(19)23-2/h3-6,9-12H,13-15H2,1-2H3,(H,21,22). The first-order valence-electron chi connectivity index (χ1n) is 7.87. The molecule has 5 heteroatoms. The van der Waals surface area contributed by atoms with Crippen LogP contribution < -0.4 is 19.5 Å². The lowest BCUT2D eigenvalue weighted by Crippen LogP contribution is -2.29. The van der Waals surface area contributed by atoms with Crippen LogP contribution >= 0.6 is 0 Å². The van der Waals surface area contributed by atoms with E-state index in [0.29, 0.717) is 17.2 Å². The van der Waals surface area contributed by atoms with Crippen molar-refractivity contribution in [2.24, 2.45) is 0 Å². The fourth-order valence-corrected chi connectivity index (χ4v) is 2.02. The second-order valence-corrected chi connectivity index (χ2v) is 5.12. The molecule has 1 amide bonds. The van der Waals surface area contributed by atoms with Crippen molar-refractivity contribution in [3.63, 3.8) is 0 Å². The number of aryl methyl sites for hydroxylation is 1. The number of hydrogen-bond donors (Lipinski definition) is 1. The van der Waals surface area contributed by atoms with E-state index in [4.69, 9.17) is 14.2 Å². The number of rotatable bonds is 7. The number of amides is 1. The van der Waals surface area contributed by atoms with Gasteiger partial charge in [0.2, 0.25) is 0 Å². The minimum Gasteiger partial charge on any atom is -0.493 e. The van der Waals surface area contributed by atoms with Crippen LogP contribution in [0.2, 0.25) is 0 Å². The van der Waals surface area contributed by atoms with Crippen molar-refractivity contribution in [2.45, 2.75) is 6.92 Å². The zero-order valence-corrected chi connectivity index (χ0v) is 14.4. The zero-order chi connectivity index (χ0) is 17.9. The van der Waals surface area contributed by atoms with Crippen molar-refractivity contribution < 1.29 is 19.0 Å². The maximum Gasteiger partial charge on any atom is 0.258 e. The highest BCUT2D eigenvalue weighted by atomic mass is 16.5. The van der Waals surface area contributed by atoms with Gasteiger partial charge in [0.25, 0.3) is 5.91 Å². The lowest BCUT2D eigenvalue weighted by Gasteiger charge is -2.08. The van der Waals surface area contributed by atoms with E-state index in [0.717, 1.165) is 5.56 Å². The number of hydrogen-bond acceptors (Lipinski definition) is 4. The lowest BCUT2D eigenvalue weighted by molar-refractivity contribution is -0.122. The van der Waals surface area contributed by atoms with Crippen LogP contribution in [0.15, 0.2) is 48.5 Å². The molecule has 5 nitrogen and oxygen atoms in total.